The second-order valence-corrected chi connectivity index (χ2v) is 14.3. The lowest BCUT2D eigenvalue weighted by molar-refractivity contribution is -0.126. The van der Waals surface area contributed by atoms with E-state index in [1.165, 1.54) is 18.4 Å². The Morgan fingerprint density at radius 3 is 2.52 bits per heavy atom. The van der Waals surface area contributed by atoms with Gasteiger partial charge in [-0.1, -0.05) is 33.3 Å². The van der Waals surface area contributed by atoms with E-state index in [1.807, 2.05) is 6.07 Å². The number of rotatable bonds is 4. The van der Waals surface area contributed by atoms with Gasteiger partial charge < -0.3 is 9.16 Å². The van der Waals surface area contributed by atoms with Crippen LogP contribution in [0.3, 0.4) is 0 Å². The summed E-state index contributed by atoms with van der Waals surface area (Å²) < 4.78 is 12.2. The highest BCUT2D eigenvalue weighted by Crippen LogP contribution is 2.43. The standard InChI is InChI=1S/C22H35NO3Si/c1-22(2,3)27(5,6)26-21-13-16(10-11-20(21)25-4)19-15-18(24)14-17-9-7-8-12-23(17)19/h10-11,13,17,19H,7-9,12,14-15H2,1-6H3/t17-,19-/m0/s1. The van der Waals surface area contributed by atoms with Gasteiger partial charge in [-0.25, -0.2) is 0 Å². The number of fused-ring (bicyclic) bond motifs is 1. The molecule has 0 aliphatic carbocycles. The van der Waals surface area contributed by atoms with E-state index >= 15 is 0 Å². The molecule has 150 valence electrons. The zero-order chi connectivity index (χ0) is 19.8. The fraction of sp³-hybridized carbons (Fsp3) is 0.682. The predicted octanol–water partition coefficient (Wildman–Crippen LogP) is 5.34. The lowest BCUT2D eigenvalue weighted by atomic mass is 9.85. The van der Waals surface area contributed by atoms with Gasteiger partial charge >= 0.3 is 0 Å². The van der Waals surface area contributed by atoms with Crippen molar-refractivity contribution in [2.24, 2.45) is 0 Å². The summed E-state index contributed by atoms with van der Waals surface area (Å²) in [5.41, 5.74) is 1.18. The van der Waals surface area contributed by atoms with E-state index in [1.54, 1.807) is 7.11 Å². The molecule has 2 aliphatic heterocycles. The number of ketones is 1. The van der Waals surface area contributed by atoms with Crippen LogP contribution in [-0.4, -0.2) is 38.7 Å². The Morgan fingerprint density at radius 2 is 1.85 bits per heavy atom. The summed E-state index contributed by atoms with van der Waals surface area (Å²) in [6, 6.07) is 6.84. The van der Waals surface area contributed by atoms with Crippen LogP contribution in [0.2, 0.25) is 18.1 Å². The van der Waals surface area contributed by atoms with Gasteiger partial charge in [-0.05, 0) is 55.2 Å². The molecule has 4 nitrogen and oxygen atoms in total. The topological polar surface area (TPSA) is 38.8 Å². The van der Waals surface area contributed by atoms with E-state index in [2.05, 4.69) is 50.9 Å². The third-order valence-corrected chi connectivity index (χ3v) is 11.0. The molecule has 1 aromatic rings. The molecule has 2 atom stereocenters. The van der Waals surface area contributed by atoms with Gasteiger partial charge in [-0.15, -0.1) is 0 Å². The maximum atomic E-state index is 12.4. The number of carbonyl (C=O) groups is 1. The van der Waals surface area contributed by atoms with Crippen molar-refractivity contribution in [1.29, 1.82) is 0 Å². The molecule has 27 heavy (non-hydrogen) atoms. The van der Waals surface area contributed by atoms with Gasteiger partial charge in [0, 0.05) is 24.9 Å². The normalized spacial score (nSPS) is 24.4. The monoisotopic (exact) mass is 389 g/mol. The lowest BCUT2D eigenvalue weighted by Gasteiger charge is -2.44. The number of nitrogens with zero attached hydrogens (tertiary/aromatic N) is 1. The molecule has 0 spiro atoms. The number of methoxy groups -OCH3 is 1. The number of Topliss-reactive ketones (excluding diaryl/α,β-unsaturated/α-hetero) is 1. The Balaban J connectivity index is 1.93. The zero-order valence-electron chi connectivity index (χ0n) is 17.8. The molecule has 0 saturated carbocycles. The van der Waals surface area contributed by atoms with Crippen LogP contribution in [0.1, 0.15) is 64.5 Å². The Labute approximate surface area is 165 Å². The van der Waals surface area contributed by atoms with Crippen LogP contribution >= 0.6 is 0 Å². The van der Waals surface area contributed by atoms with Gasteiger partial charge in [0.15, 0.2) is 5.75 Å². The van der Waals surface area contributed by atoms with Crippen LogP contribution in [-0.2, 0) is 4.79 Å². The third-order valence-electron chi connectivity index (χ3n) is 6.70. The summed E-state index contributed by atoms with van der Waals surface area (Å²) >= 11 is 0. The first kappa shape index (κ1) is 20.4. The number of benzene rings is 1. The molecular weight excluding hydrogens is 354 g/mol. The highest BCUT2D eigenvalue weighted by Gasteiger charge is 2.40. The molecule has 2 saturated heterocycles. The molecular formula is C22H35NO3Si. The zero-order valence-corrected chi connectivity index (χ0v) is 18.8. The van der Waals surface area contributed by atoms with Crippen molar-refractivity contribution in [2.45, 2.75) is 83.1 Å². The molecule has 0 radical (unpaired) electrons. The summed E-state index contributed by atoms with van der Waals surface area (Å²) in [6.07, 6.45) is 4.95. The van der Waals surface area contributed by atoms with E-state index < -0.39 is 8.32 Å². The molecule has 0 amide bonds. The highest BCUT2D eigenvalue weighted by molar-refractivity contribution is 6.74. The van der Waals surface area contributed by atoms with E-state index in [0.717, 1.165) is 30.9 Å². The maximum absolute atomic E-state index is 12.4. The SMILES string of the molecule is COc1ccc([C@@H]2CC(=O)C[C@@H]3CCCCN32)cc1O[Si](C)(C)C(C)(C)C. The van der Waals surface area contributed by atoms with Gasteiger partial charge in [0.2, 0.25) is 0 Å². The number of piperidine rings is 2. The van der Waals surface area contributed by atoms with Crippen LogP contribution < -0.4 is 9.16 Å². The molecule has 0 unspecified atom stereocenters. The summed E-state index contributed by atoms with van der Waals surface area (Å²) in [6.45, 7) is 12.3. The highest BCUT2D eigenvalue weighted by atomic mass is 28.4. The van der Waals surface area contributed by atoms with Crippen molar-refractivity contribution in [2.75, 3.05) is 13.7 Å². The lowest BCUT2D eigenvalue weighted by Crippen LogP contribution is -2.47. The first-order valence-corrected chi connectivity index (χ1v) is 13.2. The maximum Gasteiger partial charge on any atom is 0.250 e. The van der Waals surface area contributed by atoms with E-state index in [0.29, 0.717) is 18.2 Å². The largest absolute Gasteiger partial charge is 0.541 e. The molecule has 0 bridgehead atoms. The smallest absolute Gasteiger partial charge is 0.250 e. The molecule has 1 aromatic carbocycles. The van der Waals surface area contributed by atoms with Crippen LogP contribution in [0.15, 0.2) is 18.2 Å². The van der Waals surface area contributed by atoms with Crippen molar-refractivity contribution in [1.82, 2.24) is 4.90 Å². The Kier molecular flexibility index (Phi) is 5.73. The Hall–Kier alpha value is -1.33. The minimum Gasteiger partial charge on any atom is -0.541 e. The fourth-order valence-corrected chi connectivity index (χ4v) is 5.06. The molecule has 0 N–H and O–H groups in total. The molecule has 2 aliphatic rings. The Morgan fingerprint density at radius 1 is 1.11 bits per heavy atom. The minimum atomic E-state index is -1.97. The molecule has 5 heteroatoms. The van der Waals surface area contributed by atoms with Gasteiger partial charge in [0.1, 0.15) is 11.5 Å². The average Bonchev–Trinajstić information content (AvgIpc) is 2.59. The number of hydrogen-bond acceptors (Lipinski definition) is 4. The van der Waals surface area contributed by atoms with Crippen LogP contribution in [0, 0.1) is 0 Å². The summed E-state index contributed by atoms with van der Waals surface area (Å²) in [7, 11) is -0.282. The second kappa shape index (κ2) is 7.59. The average molecular weight is 390 g/mol. The summed E-state index contributed by atoms with van der Waals surface area (Å²) in [5.74, 6) is 2.00. The molecule has 3 rings (SSSR count). The van der Waals surface area contributed by atoms with Crippen molar-refractivity contribution in [3.05, 3.63) is 23.8 Å². The van der Waals surface area contributed by atoms with E-state index in [4.69, 9.17) is 9.16 Å². The van der Waals surface area contributed by atoms with Crippen LogP contribution in [0.4, 0.5) is 0 Å². The third kappa shape index (κ3) is 4.24. The minimum absolute atomic E-state index is 0.118. The van der Waals surface area contributed by atoms with Crippen LogP contribution in [0.5, 0.6) is 11.5 Å². The van der Waals surface area contributed by atoms with Crippen molar-refractivity contribution in [3.63, 3.8) is 0 Å². The fourth-order valence-electron chi connectivity index (χ4n) is 4.05. The first-order valence-electron chi connectivity index (χ1n) is 10.3. The Bertz CT molecular complexity index is 695. The van der Waals surface area contributed by atoms with Crippen molar-refractivity contribution < 1.29 is 14.0 Å². The van der Waals surface area contributed by atoms with Gasteiger partial charge in [-0.3, -0.25) is 9.69 Å². The second-order valence-electron chi connectivity index (χ2n) is 9.62. The summed E-state index contributed by atoms with van der Waals surface area (Å²) in [4.78, 5) is 15.0. The quantitative estimate of drug-likeness (QED) is 0.652. The molecule has 2 heterocycles. The molecule has 2 fully saturated rings. The summed E-state index contributed by atoms with van der Waals surface area (Å²) in [5, 5.41) is 0.118. The van der Waals surface area contributed by atoms with Crippen LogP contribution in [0.25, 0.3) is 0 Å². The number of ether oxygens (including phenoxy) is 1. The van der Waals surface area contributed by atoms with E-state index in [-0.39, 0.29) is 11.1 Å². The number of carbonyl (C=O) groups excluding carboxylic acids is 1. The predicted molar refractivity (Wildman–Crippen MR) is 112 cm³/mol. The molecule has 0 aromatic heterocycles. The van der Waals surface area contributed by atoms with Crippen molar-refractivity contribution >= 4 is 14.1 Å². The van der Waals surface area contributed by atoms with Gasteiger partial charge in [-0.2, -0.15) is 0 Å². The van der Waals surface area contributed by atoms with Crippen molar-refractivity contribution in [3.8, 4) is 11.5 Å². The van der Waals surface area contributed by atoms with E-state index in [9.17, 15) is 4.79 Å². The van der Waals surface area contributed by atoms with Gasteiger partial charge in [0.05, 0.1) is 7.11 Å². The van der Waals surface area contributed by atoms with Gasteiger partial charge in [0.25, 0.3) is 8.32 Å². The number of hydrogen-bond donors (Lipinski definition) is 0. The first-order chi connectivity index (χ1) is 12.6.